The van der Waals surface area contributed by atoms with E-state index in [4.69, 9.17) is 5.84 Å². The molecule has 0 bridgehead atoms. The van der Waals surface area contributed by atoms with Gasteiger partial charge < -0.3 is 5.43 Å². The van der Waals surface area contributed by atoms with Gasteiger partial charge in [-0.2, -0.15) is 0 Å². The molecule has 0 aliphatic rings. The van der Waals surface area contributed by atoms with Gasteiger partial charge in [0, 0.05) is 5.56 Å². The molecule has 3 N–H and O–H groups in total. The molecule has 0 heterocycles. The third-order valence-corrected chi connectivity index (χ3v) is 5.75. The molecule has 0 spiro atoms. The van der Waals surface area contributed by atoms with Crippen LogP contribution in [0.2, 0.25) is 0 Å². The van der Waals surface area contributed by atoms with Crippen molar-refractivity contribution in [2.24, 2.45) is 5.84 Å². The number of benzene rings is 4. The Bertz CT molecular complexity index is 1110. The van der Waals surface area contributed by atoms with Crippen LogP contribution in [0.5, 0.6) is 0 Å². The molecule has 0 atom stereocenters. The summed E-state index contributed by atoms with van der Waals surface area (Å²) in [7, 11) is 0. The lowest BCUT2D eigenvalue weighted by Crippen LogP contribution is -2.09. The van der Waals surface area contributed by atoms with Crippen molar-refractivity contribution in [2.75, 3.05) is 5.43 Å². The van der Waals surface area contributed by atoms with Gasteiger partial charge in [0.15, 0.2) is 0 Å². The van der Waals surface area contributed by atoms with E-state index in [1.165, 1.54) is 33.4 Å². The van der Waals surface area contributed by atoms with Crippen LogP contribution >= 0.6 is 0 Å². The van der Waals surface area contributed by atoms with Gasteiger partial charge in [-0.3, -0.25) is 5.84 Å². The average Bonchev–Trinajstić information content (AvgIpc) is 2.83. The van der Waals surface area contributed by atoms with Crippen molar-refractivity contribution in [3.05, 3.63) is 102 Å². The van der Waals surface area contributed by atoms with Crippen molar-refractivity contribution < 1.29 is 0 Å². The lowest BCUT2D eigenvalue weighted by atomic mass is 9.86. The van der Waals surface area contributed by atoms with Crippen molar-refractivity contribution in [1.82, 2.24) is 0 Å². The minimum absolute atomic E-state index is 0.925. The third-order valence-electron chi connectivity index (χ3n) is 5.75. The minimum atomic E-state index is 0.925. The van der Waals surface area contributed by atoms with Crippen LogP contribution in [0.4, 0.5) is 5.69 Å². The quantitative estimate of drug-likeness (QED) is 0.271. The largest absolute Gasteiger partial charge is 0.323 e. The van der Waals surface area contributed by atoms with Gasteiger partial charge in [0.1, 0.15) is 0 Å². The highest BCUT2D eigenvalue weighted by Crippen LogP contribution is 2.44. The Morgan fingerprint density at radius 2 is 1.10 bits per heavy atom. The molecular formula is C28H28N2. The smallest absolute Gasteiger partial charge is 0.0570 e. The molecule has 0 aliphatic carbocycles. The second-order valence-corrected chi connectivity index (χ2v) is 7.52. The third kappa shape index (κ3) is 3.87. The molecule has 0 aromatic heterocycles. The minimum Gasteiger partial charge on any atom is -0.323 e. The number of hydrogen-bond donors (Lipinski definition) is 2. The van der Waals surface area contributed by atoms with E-state index in [-0.39, 0.29) is 0 Å². The number of aryl methyl sites for hydroxylation is 2. The molecule has 0 saturated carbocycles. The maximum atomic E-state index is 5.98. The predicted molar refractivity (Wildman–Crippen MR) is 129 cm³/mol. The van der Waals surface area contributed by atoms with Crippen LogP contribution in [0, 0.1) is 0 Å². The highest BCUT2D eigenvalue weighted by atomic mass is 15.2. The molecule has 0 fully saturated rings. The SMILES string of the molecule is CCc1ccc(-c2c(NN)ccc(-c3ccccc3)c2-c2ccc(CC)cc2)cc1. The van der Waals surface area contributed by atoms with Gasteiger partial charge in [-0.15, -0.1) is 0 Å². The van der Waals surface area contributed by atoms with E-state index in [2.05, 4.69) is 110 Å². The number of hydrogen-bond acceptors (Lipinski definition) is 2. The molecule has 2 nitrogen and oxygen atoms in total. The topological polar surface area (TPSA) is 38.0 Å². The van der Waals surface area contributed by atoms with Crippen molar-refractivity contribution >= 4 is 5.69 Å². The highest BCUT2D eigenvalue weighted by Gasteiger charge is 2.18. The summed E-state index contributed by atoms with van der Waals surface area (Å²) in [5, 5.41) is 0. The van der Waals surface area contributed by atoms with E-state index in [1.807, 2.05) is 0 Å². The molecule has 4 rings (SSSR count). The summed E-state index contributed by atoms with van der Waals surface area (Å²) in [6.07, 6.45) is 2.05. The first-order valence-electron chi connectivity index (χ1n) is 10.6. The summed E-state index contributed by atoms with van der Waals surface area (Å²) >= 11 is 0. The van der Waals surface area contributed by atoms with Crippen molar-refractivity contribution in [2.45, 2.75) is 26.7 Å². The van der Waals surface area contributed by atoms with Crippen LogP contribution < -0.4 is 11.3 Å². The van der Waals surface area contributed by atoms with Crippen LogP contribution in [0.15, 0.2) is 91.0 Å². The molecule has 0 saturated heterocycles. The Morgan fingerprint density at radius 3 is 1.60 bits per heavy atom. The number of anilines is 1. The van der Waals surface area contributed by atoms with Crippen molar-refractivity contribution in [3.63, 3.8) is 0 Å². The molecule has 4 aromatic rings. The number of rotatable bonds is 6. The first-order chi connectivity index (χ1) is 14.7. The van der Waals surface area contributed by atoms with Gasteiger partial charge >= 0.3 is 0 Å². The first-order valence-corrected chi connectivity index (χ1v) is 10.6. The Morgan fingerprint density at radius 1 is 0.567 bits per heavy atom. The molecule has 0 aliphatic heterocycles. The van der Waals surface area contributed by atoms with Crippen molar-refractivity contribution in [3.8, 4) is 33.4 Å². The fourth-order valence-electron chi connectivity index (χ4n) is 4.00. The van der Waals surface area contributed by atoms with E-state index >= 15 is 0 Å². The van der Waals surface area contributed by atoms with E-state index in [1.54, 1.807) is 0 Å². The Labute approximate surface area is 179 Å². The van der Waals surface area contributed by atoms with E-state index < -0.39 is 0 Å². The highest BCUT2D eigenvalue weighted by molar-refractivity contribution is 6.00. The fraction of sp³-hybridized carbons (Fsp3) is 0.143. The predicted octanol–water partition coefficient (Wildman–Crippen LogP) is 7.10. The zero-order chi connectivity index (χ0) is 20.9. The van der Waals surface area contributed by atoms with Crippen molar-refractivity contribution in [1.29, 1.82) is 0 Å². The van der Waals surface area contributed by atoms with Crippen LogP contribution in [0.25, 0.3) is 33.4 Å². The summed E-state index contributed by atoms with van der Waals surface area (Å²) in [6.45, 7) is 4.36. The molecule has 150 valence electrons. The van der Waals surface area contributed by atoms with E-state index in [0.29, 0.717) is 0 Å². The summed E-state index contributed by atoms with van der Waals surface area (Å²) in [4.78, 5) is 0. The molecule has 0 unspecified atom stereocenters. The second kappa shape index (κ2) is 8.98. The molecule has 4 aromatic carbocycles. The Kier molecular flexibility index (Phi) is 5.97. The van der Waals surface area contributed by atoms with Gasteiger partial charge in [0.2, 0.25) is 0 Å². The Balaban J connectivity index is 2.02. The summed E-state index contributed by atoms with van der Waals surface area (Å²) in [6, 6.07) is 32.5. The van der Waals surface area contributed by atoms with Gasteiger partial charge in [-0.25, -0.2) is 0 Å². The zero-order valence-corrected chi connectivity index (χ0v) is 17.7. The van der Waals surface area contributed by atoms with E-state index in [0.717, 1.165) is 29.7 Å². The van der Waals surface area contributed by atoms with Crippen LogP contribution in [-0.4, -0.2) is 0 Å². The fourth-order valence-corrected chi connectivity index (χ4v) is 4.00. The lowest BCUT2D eigenvalue weighted by molar-refractivity contribution is 1.14. The van der Waals surface area contributed by atoms with Crippen LogP contribution in [-0.2, 0) is 12.8 Å². The van der Waals surface area contributed by atoms with Gasteiger partial charge in [0.05, 0.1) is 5.69 Å². The van der Waals surface area contributed by atoms with Gasteiger partial charge in [-0.1, -0.05) is 98.8 Å². The summed E-state index contributed by atoms with van der Waals surface area (Å²) < 4.78 is 0. The zero-order valence-electron chi connectivity index (χ0n) is 17.7. The number of nitrogen functional groups attached to an aromatic ring is 1. The maximum Gasteiger partial charge on any atom is 0.0570 e. The van der Waals surface area contributed by atoms with Gasteiger partial charge in [-0.05, 0) is 57.9 Å². The monoisotopic (exact) mass is 392 g/mol. The van der Waals surface area contributed by atoms with Gasteiger partial charge in [0.25, 0.3) is 0 Å². The molecular weight excluding hydrogens is 364 g/mol. The van der Waals surface area contributed by atoms with Crippen LogP contribution in [0.3, 0.4) is 0 Å². The normalized spacial score (nSPS) is 10.8. The summed E-state index contributed by atoms with van der Waals surface area (Å²) in [5.74, 6) is 5.98. The van der Waals surface area contributed by atoms with Crippen LogP contribution in [0.1, 0.15) is 25.0 Å². The number of hydrazine groups is 1. The lowest BCUT2D eigenvalue weighted by Gasteiger charge is -2.20. The van der Waals surface area contributed by atoms with E-state index in [9.17, 15) is 0 Å². The molecule has 0 radical (unpaired) electrons. The second-order valence-electron chi connectivity index (χ2n) is 7.52. The average molecular weight is 393 g/mol. The molecule has 30 heavy (non-hydrogen) atoms. The summed E-state index contributed by atoms with van der Waals surface area (Å²) in [5.41, 5.74) is 13.6. The standard InChI is InChI=1S/C28H28N2/c1-3-20-10-14-23(15-11-20)27-25(22-8-6-5-7-9-22)18-19-26(30-29)28(27)24-16-12-21(4-2)13-17-24/h5-19,30H,3-4,29H2,1-2H3. The number of nitrogens with two attached hydrogens (primary N) is 1. The number of nitrogens with one attached hydrogen (secondary N) is 1. The first kappa shape index (κ1) is 19.9. The Hall–Kier alpha value is -3.36. The maximum absolute atomic E-state index is 5.98. The molecule has 0 amide bonds. The molecule has 2 heteroatoms.